The predicted octanol–water partition coefficient (Wildman–Crippen LogP) is 4.02. The Kier molecular flexibility index (Phi) is 4.52. The molecule has 0 aliphatic rings. The minimum absolute atomic E-state index is 0.0199. The van der Waals surface area contributed by atoms with Crippen LogP contribution in [0.1, 0.15) is 23.6 Å². The second-order valence-electron chi connectivity index (χ2n) is 4.64. The number of carbonyl (C=O) groups is 1. The minimum Gasteiger partial charge on any atom is -0.294 e. The molecule has 20 heavy (non-hydrogen) atoms. The molecule has 0 saturated carbocycles. The molecule has 0 saturated heterocycles. The third-order valence-electron chi connectivity index (χ3n) is 2.88. The average molecular weight is 260 g/mol. The highest BCUT2D eigenvalue weighted by molar-refractivity contribution is 6.02. The zero-order chi connectivity index (χ0) is 14.4. The lowest BCUT2D eigenvalue weighted by atomic mass is 10.1. The van der Waals surface area contributed by atoms with Crippen molar-refractivity contribution in [3.8, 4) is 11.8 Å². The molecule has 0 aliphatic heterocycles. The smallest absolute Gasteiger partial charge is 0.168 e. The van der Waals surface area contributed by atoms with E-state index in [1.165, 1.54) is 5.56 Å². The molecule has 0 unspecified atom stereocenters. The van der Waals surface area contributed by atoms with Crippen LogP contribution in [-0.2, 0) is 4.79 Å². The van der Waals surface area contributed by atoms with Gasteiger partial charge in [-0.05, 0) is 37.6 Å². The fraction of sp³-hybridized carbons (Fsp3) is 0.105. The Bertz CT molecular complexity index is 680. The molecule has 2 aromatic rings. The second kappa shape index (κ2) is 6.54. The molecular weight excluding hydrogens is 244 g/mol. The van der Waals surface area contributed by atoms with Crippen molar-refractivity contribution in [2.24, 2.45) is 0 Å². The SMILES string of the molecule is CC(=O)C(C#Cc1ccc(C)cc1)=Cc1ccccc1. The van der Waals surface area contributed by atoms with Gasteiger partial charge in [0.2, 0.25) is 0 Å². The van der Waals surface area contributed by atoms with E-state index in [4.69, 9.17) is 0 Å². The first-order valence-corrected chi connectivity index (χ1v) is 6.51. The maximum atomic E-state index is 11.7. The number of hydrogen-bond donors (Lipinski definition) is 0. The van der Waals surface area contributed by atoms with Crippen molar-refractivity contribution in [3.63, 3.8) is 0 Å². The molecule has 98 valence electrons. The van der Waals surface area contributed by atoms with Gasteiger partial charge in [-0.1, -0.05) is 59.9 Å². The zero-order valence-corrected chi connectivity index (χ0v) is 11.7. The van der Waals surface area contributed by atoms with Crippen molar-refractivity contribution in [1.29, 1.82) is 0 Å². The Balaban J connectivity index is 2.30. The van der Waals surface area contributed by atoms with Crippen LogP contribution >= 0.6 is 0 Å². The number of ketones is 1. The van der Waals surface area contributed by atoms with Gasteiger partial charge in [0.05, 0.1) is 5.57 Å². The number of Topliss-reactive ketones (excluding diaryl/α,β-unsaturated/α-hetero) is 1. The van der Waals surface area contributed by atoms with Crippen LogP contribution in [0.2, 0.25) is 0 Å². The van der Waals surface area contributed by atoms with E-state index >= 15 is 0 Å². The Morgan fingerprint density at radius 3 is 2.25 bits per heavy atom. The number of benzene rings is 2. The van der Waals surface area contributed by atoms with Crippen molar-refractivity contribution in [3.05, 3.63) is 76.9 Å². The number of carbonyl (C=O) groups excluding carboxylic acids is 1. The summed E-state index contributed by atoms with van der Waals surface area (Å²) >= 11 is 0. The summed E-state index contributed by atoms with van der Waals surface area (Å²) in [6, 6.07) is 17.7. The van der Waals surface area contributed by atoms with Crippen molar-refractivity contribution < 1.29 is 4.79 Å². The van der Waals surface area contributed by atoms with Gasteiger partial charge in [0.15, 0.2) is 5.78 Å². The van der Waals surface area contributed by atoms with Gasteiger partial charge in [0.25, 0.3) is 0 Å². The number of aryl methyl sites for hydroxylation is 1. The average Bonchev–Trinajstić information content (AvgIpc) is 2.46. The zero-order valence-electron chi connectivity index (χ0n) is 11.7. The second-order valence-corrected chi connectivity index (χ2v) is 4.64. The van der Waals surface area contributed by atoms with Crippen molar-refractivity contribution in [2.45, 2.75) is 13.8 Å². The highest BCUT2D eigenvalue weighted by Crippen LogP contribution is 2.08. The number of allylic oxidation sites excluding steroid dienone is 1. The highest BCUT2D eigenvalue weighted by Gasteiger charge is 2.00. The molecule has 0 N–H and O–H groups in total. The summed E-state index contributed by atoms with van der Waals surface area (Å²) < 4.78 is 0. The third-order valence-corrected chi connectivity index (χ3v) is 2.88. The molecule has 0 aliphatic carbocycles. The van der Waals surface area contributed by atoms with Crippen LogP contribution in [0.3, 0.4) is 0 Å². The summed E-state index contributed by atoms with van der Waals surface area (Å²) in [5, 5.41) is 0. The summed E-state index contributed by atoms with van der Waals surface area (Å²) in [4.78, 5) is 11.7. The molecule has 0 fully saturated rings. The van der Waals surface area contributed by atoms with Crippen molar-refractivity contribution in [1.82, 2.24) is 0 Å². The lowest BCUT2D eigenvalue weighted by Crippen LogP contribution is -1.93. The van der Waals surface area contributed by atoms with E-state index in [1.807, 2.05) is 67.6 Å². The molecule has 0 amide bonds. The lowest BCUT2D eigenvalue weighted by molar-refractivity contribution is -0.113. The molecule has 0 spiro atoms. The Labute approximate surface area is 120 Å². The molecule has 1 nitrogen and oxygen atoms in total. The van der Waals surface area contributed by atoms with E-state index in [1.54, 1.807) is 6.92 Å². The normalized spacial score (nSPS) is 10.6. The van der Waals surface area contributed by atoms with E-state index < -0.39 is 0 Å². The topological polar surface area (TPSA) is 17.1 Å². The molecular formula is C19H16O. The number of hydrogen-bond acceptors (Lipinski definition) is 1. The fourth-order valence-electron chi connectivity index (χ4n) is 1.72. The Hall–Kier alpha value is -2.59. The molecule has 0 aromatic heterocycles. The first kappa shape index (κ1) is 13.8. The van der Waals surface area contributed by atoms with Crippen LogP contribution in [0, 0.1) is 18.8 Å². The summed E-state index contributed by atoms with van der Waals surface area (Å²) in [7, 11) is 0. The van der Waals surface area contributed by atoms with Crippen LogP contribution in [-0.4, -0.2) is 5.78 Å². The monoisotopic (exact) mass is 260 g/mol. The Morgan fingerprint density at radius 2 is 1.65 bits per heavy atom. The maximum Gasteiger partial charge on any atom is 0.168 e. The predicted molar refractivity (Wildman–Crippen MR) is 83.2 cm³/mol. The third kappa shape index (κ3) is 3.96. The van der Waals surface area contributed by atoms with E-state index in [9.17, 15) is 4.79 Å². The van der Waals surface area contributed by atoms with Crippen LogP contribution < -0.4 is 0 Å². The van der Waals surface area contributed by atoms with E-state index in [0.29, 0.717) is 5.57 Å². The summed E-state index contributed by atoms with van der Waals surface area (Å²) in [6.45, 7) is 3.58. The van der Waals surface area contributed by atoms with Gasteiger partial charge in [-0.25, -0.2) is 0 Å². The fourth-order valence-corrected chi connectivity index (χ4v) is 1.72. The first-order chi connectivity index (χ1) is 9.65. The van der Waals surface area contributed by atoms with Gasteiger partial charge in [0, 0.05) is 5.56 Å². The van der Waals surface area contributed by atoms with E-state index in [0.717, 1.165) is 11.1 Å². The van der Waals surface area contributed by atoms with Crippen LogP contribution in [0.4, 0.5) is 0 Å². The largest absolute Gasteiger partial charge is 0.294 e. The summed E-state index contributed by atoms with van der Waals surface area (Å²) in [5.74, 6) is 5.98. The molecule has 0 heterocycles. The van der Waals surface area contributed by atoms with Gasteiger partial charge in [-0.15, -0.1) is 0 Å². The highest BCUT2D eigenvalue weighted by atomic mass is 16.1. The van der Waals surface area contributed by atoms with Crippen LogP contribution in [0.5, 0.6) is 0 Å². The van der Waals surface area contributed by atoms with Gasteiger partial charge < -0.3 is 0 Å². The lowest BCUT2D eigenvalue weighted by Gasteiger charge is -1.96. The minimum atomic E-state index is -0.0199. The summed E-state index contributed by atoms with van der Waals surface area (Å²) in [5.41, 5.74) is 3.62. The van der Waals surface area contributed by atoms with Gasteiger partial charge in [-0.2, -0.15) is 0 Å². The quantitative estimate of drug-likeness (QED) is 0.589. The van der Waals surface area contributed by atoms with Gasteiger partial charge >= 0.3 is 0 Å². The number of rotatable bonds is 2. The Morgan fingerprint density at radius 1 is 1.00 bits per heavy atom. The maximum absolute atomic E-state index is 11.7. The van der Waals surface area contributed by atoms with Gasteiger partial charge in [0.1, 0.15) is 0 Å². The van der Waals surface area contributed by atoms with E-state index in [2.05, 4.69) is 11.8 Å². The molecule has 0 bridgehead atoms. The molecule has 2 rings (SSSR count). The van der Waals surface area contributed by atoms with Gasteiger partial charge in [-0.3, -0.25) is 4.79 Å². The van der Waals surface area contributed by atoms with E-state index in [-0.39, 0.29) is 5.78 Å². The van der Waals surface area contributed by atoms with Crippen molar-refractivity contribution >= 4 is 11.9 Å². The molecule has 1 heteroatoms. The van der Waals surface area contributed by atoms with Crippen LogP contribution in [0.25, 0.3) is 6.08 Å². The molecule has 2 aromatic carbocycles. The van der Waals surface area contributed by atoms with Crippen LogP contribution in [0.15, 0.2) is 60.2 Å². The molecule has 0 radical (unpaired) electrons. The first-order valence-electron chi connectivity index (χ1n) is 6.51. The van der Waals surface area contributed by atoms with Crippen molar-refractivity contribution in [2.75, 3.05) is 0 Å². The summed E-state index contributed by atoms with van der Waals surface area (Å²) in [6.07, 6.45) is 1.82. The standard InChI is InChI=1S/C19H16O/c1-15-8-10-17(11-9-15)12-13-19(16(2)20)14-18-6-4-3-5-7-18/h3-11,14H,1-2H3. The molecule has 0 atom stereocenters.